The highest BCUT2D eigenvalue weighted by Gasteiger charge is 2.53. The fraction of sp³-hybridized carbons (Fsp3) is 0.609. The van der Waals surface area contributed by atoms with Crippen molar-refractivity contribution >= 4 is 22.4 Å². The summed E-state index contributed by atoms with van der Waals surface area (Å²) in [7, 11) is 0. The van der Waals surface area contributed by atoms with Gasteiger partial charge in [0.2, 0.25) is 11.0 Å². The van der Waals surface area contributed by atoms with E-state index in [1.165, 1.54) is 43.5 Å². The topological polar surface area (TPSA) is 46.1 Å². The van der Waals surface area contributed by atoms with Gasteiger partial charge in [-0.05, 0) is 74.7 Å². The fourth-order valence-corrected chi connectivity index (χ4v) is 7.54. The number of nitrogens with zero attached hydrogens (tertiary/aromatic N) is 3. The average molecular weight is 394 g/mol. The van der Waals surface area contributed by atoms with E-state index in [1.54, 1.807) is 11.3 Å². The van der Waals surface area contributed by atoms with Crippen LogP contribution < -0.4 is 4.90 Å². The Morgan fingerprint density at radius 1 is 1.00 bits per heavy atom. The van der Waals surface area contributed by atoms with E-state index in [-0.39, 0.29) is 17.2 Å². The number of aromatic nitrogens is 2. The molecular formula is C23H27N3OS. The van der Waals surface area contributed by atoms with Gasteiger partial charge in [-0.15, -0.1) is 10.2 Å². The molecule has 5 heteroatoms. The minimum atomic E-state index is 0.190. The van der Waals surface area contributed by atoms with Crippen molar-refractivity contribution in [2.24, 2.45) is 23.7 Å². The molecule has 5 saturated carbocycles. The van der Waals surface area contributed by atoms with Crippen molar-refractivity contribution in [1.29, 1.82) is 0 Å². The van der Waals surface area contributed by atoms with Crippen LogP contribution in [0.2, 0.25) is 0 Å². The second-order valence-corrected chi connectivity index (χ2v) is 10.7. The molecule has 146 valence electrons. The van der Waals surface area contributed by atoms with E-state index in [2.05, 4.69) is 17.2 Å². The van der Waals surface area contributed by atoms with Gasteiger partial charge in [-0.2, -0.15) is 0 Å². The molecule has 0 spiro atoms. The minimum Gasteiger partial charge on any atom is -0.282 e. The van der Waals surface area contributed by atoms with Gasteiger partial charge in [-0.3, -0.25) is 9.69 Å². The van der Waals surface area contributed by atoms with E-state index in [0.29, 0.717) is 6.54 Å². The molecule has 5 aliphatic carbocycles. The molecule has 1 heterocycles. The van der Waals surface area contributed by atoms with E-state index in [9.17, 15) is 4.79 Å². The van der Waals surface area contributed by atoms with Gasteiger partial charge in [0.15, 0.2) is 0 Å². The zero-order valence-corrected chi connectivity index (χ0v) is 17.0. The Kier molecular flexibility index (Phi) is 3.90. The van der Waals surface area contributed by atoms with E-state index >= 15 is 0 Å². The number of anilines is 1. The second kappa shape index (κ2) is 6.38. The maximum atomic E-state index is 13.0. The number of amides is 1. The van der Waals surface area contributed by atoms with Crippen LogP contribution in [0.3, 0.4) is 0 Å². The third-order valence-electron chi connectivity index (χ3n) is 7.51. The standard InChI is InChI=1S/C23H27N3OS/c27-20(19-6-7-19)26(14-15-4-2-1-3-5-15)22-25-24-21(28-22)23-11-16-8-17(12-23)10-18(9-16)13-23/h1-5,16-19H,6-14H2. The Balaban J connectivity index is 1.31. The van der Waals surface area contributed by atoms with Gasteiger partial charge in [0.25, 0.3) is 0 Å². The van der Waals surface area contributed by atoms with Gasteiger partial charge in [-0.25, -0.2) is 0 Å². The Hall–Kier alpha value is -1.75. The third-order valence-corrected chi connectivity index (χ3v) is 8.71. The van der Waals surface area contributed by atoms with Gasteiger partial charge in [0, 0.05) is 11.3 Å². The summed E-state index contributed by atoms with van der Waals surface area (Å²) in [5.74, 6) is 3.11. The monoisotopic (exact) mass is 393 g/mol. The quantitative estimate of drug-likeness (QED) is 0.722. The first kappa shape index (κ1) is 17.1. The molecule has 0 unspecified atom stereocenters. The Labute approximate surface area is 170 Å². The van der Waals surface area contributed by atoms with Crippen molar-refractivity contribution in [2.75, 3.05) is 4.90 Å². The molecule has 0 radical (unpaired) electrons. The van der Waals surface area contributed by atoms with Crippen LogP contribution >= 0.6 is 11.3 Å². The minimum absolute atomic E-state index is 0.190. The molecule has 1 aromatic carbocycles. The summed E-state index contributed by atoms with van der Waals surface area (Å²) in [6.45, 7) is 0.603. The van der Waals surface area contributed by atoms with Crippen LogP contribution in [0, 0.1) is 23.7 Å². The molecule has 4 bridgehead atoms. The van der Waals surface area contributed by atoms with E-state index < -0.39 is 0 Å². The van der Waals surface area contributed by atoms with Crippen LogP contribution in [0.5, 0.6) is 0 Å². The Bertz CT molecular complexity index is 853. The van der Waals surface area contributed by atoms with Crippen LogP contribution in [0.4, 0.5) is 5.13 Å². The van der Waals surface area contributed by atoms with Crippen LogP contribution in [0.25, 0.3) is 0 Å². The lowest BCUT2D eigenvalue weighted by Crippen LogP contribution is -2.48. The molecule has 5 fully saturated rings. The molecule has 28 heavy (non-hydrogen) atoms. The normalized spacial score (nSPS) is 33.2. The van der Waals surface area contributed by atoms with Gasteiger partial charge in [-0.1, -0.05) is 41.7 Å². The number of benzene rings is 1. The number of rotatable bonds is 5. The SMILES string of the molecule is O=C(C1CC1)N(Cc1ccccc1)c1nnc(C23CC4CC(CC(C4)C2)C3)s1. The molecule has 0 atom stereocenters. The molecule has 4 nitrogen and oxygen atoms in total. The summed E-state index contributed by atoms with van der Waals surface area (Å²) in [4.78, 5) is 14.9. The Morgan fingerprint density at radius 2 is 1.64 bits per heavy atom. The first-order chi connectivity index (χ1) is 13.7. The predicted octanol–water partition coefficient (Wildman–Crippen LogP) is 4.95. The van der Waals surface area contributed by atoms with Gasteiger partial charge in [0.1, 0.15) is 5.01 Å². The summed E-state index contributed by atoms with van der Waals surface area (Å²) >= 11 is 1.71. The van der Waals surface area contributed by atoms with E-state index in [0.717, 1.165) is 41.3 Å². The first-order valence-corrected chi connectivity index (χ1v) is 11.7. The zero-order chi connectivity index (χ0) is 18.7. The third kappa shape index (κ3) is 2.90. The van der Waals surface area contributed by atoms with Gasteiger partial charge < -0.3 is 0 Å². The number of hydrogen-bond donors (Lipinski definition) is 0. The average Bonchev–Trinajstić information content (AvgIpc) is 3.42. The highest BCUT2D eigenvalue weighted by Crippen LogP contribution is 2.61. The molecule has 7 rings (SSSR count). The van der Waals surface area contributed by atoms with Crippen molar-refractivity contribution < 1.29 is 4.79 Å². The molecule has 0 aliphatic heterocycles. The largest absolute Gasteiger partial charge is 0.282 e. The highest BCUT2D eigenvalue weighted by atomic mass is 32.1. The summed E-state index contributed by atoms with van der Waals surface area (Å²) in [6, 6.07) is 10.3. The molecule has 2 aromatic rings. The van der Waals surface area contributed by atoms with Crippen molar-refractivity contribution in [3.63, 3.8) is 0 Å². The first-order valence-electron chi connectivity index (χ1n) is 10.9. The number of carbonyl (C=O) groups excluding carboxylic acids is 1. The summed E-state index contributed by atoms with van der Waals surface area (Å²) in [5.41, 5.74) is 1.41. The van der Waals surface area contributed by atoms with Crippen molar-refractivity contribution in [2.45, 2.75) is 63.3 Å². The van der Waals surface area contributed by atoms with Crippen molar-refractivity contribution in [3.8, 4) is 0 Å². The molecule has 0 N–H and O–H groups in total. The molecule has 0 saturated heterocycles. The predicted molar refractivity (Wildman–Crippen MR) is 110 cm³/mol. The van der Waals surface area contributed by atoms with Crippen LogP contribution in [0.1, 0.15) is 61.9 Å². The van der Waals surface area contributed by atoms with E-state index in [4.69, 9.17) is 5.10 Å². The van der Waals surface area contributed by atoms with Crippen molar-refractivity contribution in [3.05, 3.63) is 40.9 Å². The Morgan fingerprint density at radius 3 is 2.25 bits per heavy atom. The van der Waals surface area contributed by atoms with Crippen LogP contribution in [-0.2, 0) is 16.8 Å². The van der Waals surface area contributed by atoms with Gasteiger partial charge >= 0.3 is 0 Å². The lowest BCUT2D eigenvalue weighted by Gasteiger charge is -2.55. The van der Waals surface area contributed by atoms with Crippen LogP contribution in [0.15, 0.2) is 30.3 Å². The molecule has 5 aliphatic rings. The molecule has 1 aromatic heterocycles. The molecule has 1 amide bonds. The summed E-state index contributed by atoms with van der Waals surface area (Å²) in [5, 5.41) is 11.3. The fourth-order valence-electron chi connectivity index (χ4n) is 6.47. The summed E-state index contributed by atoms with van der Waals surface area (Å²) in [6.07, 6.45) is 10.2. The summed E-state index contributed by atoms with van der Waals surface area (Å²) < 4.78 is 0. The second-order valence-electron chi connectivity index (χ2n) is 9.77. The molecular weight excluding hydrogens is 366 g/mol. The van der Waals surface area contributed by atoms with Crippen LogP contribution in [-0.4, -0.2) is 16.1 Å². The zero-order valence-electron chi connectivity index (χ0n) is 16.2. The number of carbonyl (C=O) groups is 1. The van der Waals surface area contributed by atoms with E-state index in [1.807, 2.05) is 23.1 Å². The highest BCUT2D eigenvalue weighted by molar-refractivity contribution is 7.15. The van der Waals surface area contributed by atoms with Crippen molar-refractivity contribution in [1.82, 2.24) is 10.2 Å². The lowest BCUT2D eigenvalue weighted by molar-refractivity contribution is -0.119. The maximum Gasteiger partial charge on any atom is 0.232 e. The number of hydrogen-bond acceptors (Lipinski definition) is 4. The maximum absolute atomic E-state index is 13.0. The smallest absolute Gasteiger partial charge is 0.232 e. The van der Waals surface area contributed by atoms with Gasteiger partial charge in [0.05, 0.1) is 6.54 Å². The lowest BCUT2D eigenvalue weighted by atomic mass is 9.50.